The predicted molar refractivity (Wildman–Crippen MR) is 117 cm³/mol. The van der Waals surface area contributed by atoms with Crippen molar-refractivity contribution in [3.05, 3.63) is 29.3 Å². The highest BCUT2D eigenvalue weighted by Crippen LogP contribution is 2.29. The van der Waals surface area contributed by atoms with Gasteiger partial charge in [-0.15, -0.1) is 21.5 Å². The zero-order valence-corrected chi connectivity index (χ0v) is 18.5. The molecule has 1 atom stereocenters. The minimum absolute atomic E-state index is 0.148. The van der Waals surface area contributed by atoms with Gasteiger partial charge in [0.05, 0.1) is 23.3 Å². The van der Waals surface area contributed by atoms with E-state index in [0.717, 1.165) is 54.7 Å². The molecule has 8 heteroatoms. The number of thioether (sulfide) groups is 1. The van der Waals surface area contributed by atoms with Gasteiger partial charge < -0.3 is 9.64 Å². The minimum atomic E-state index is 0.148. The van der Waals surface area contributed by atoms with Gasteiger partial charge in [-0.3, -0.25) is 9.36 Å². The van der Waals surface area contributed by atoms with Crippen molar-refractivity contribution in [3.63, 3.8) is 0 Å². The molecule has 29 heavy (non-hydrogen) atoms. The largest absolute Gasteiger partial charge is 0.376 e. The summed E-state index contributed by atoms with van der Waals surface area (Å²) in [5, 5.41) is 11.7. The van der Waals surface area contributed by atoms with Crippen LogP contribution in [0.25, 0.3) is 10.7 Å². The summed E-state index contributed by atoms with van der Waals surface area (Å²) in [6.07, 6.45) is 9.05. The van der Waals surface area contributed by atoms with E-state index < -0.39 is 0 Å². The summed E-state index contributed by atoms with van der Waals surface area (Å²) in [6, 6.07) is 4.09. The fraction of sp³-hybridized carbons (Fsp3) is 0.571. The minimum Gasteiger partial charge on any atom is -0.376 e. The summed E-state index contributed by atoms with van der Waals surface area (Å²) in [4.78, 5) is 16.0. The molecule has 0 N–H and O–H groups in total. The quantitative estimate of drug-likeness (QED) is 0.571. The summed E-state index contributed by atoms with van der Waals surface area (Å²) in [7, 11) is 0. The van der Waals surface area contributed by atoms with Crippen LogP contribution in [0.2, 0.25) is 0 Å². The van der Waals surface area contributed by atoms with E-state index in [-0.39, 0.29) is 12.0 Å². The Morgan fingerprint density at radius 2 is 2.31 bits per heavy atom. The van der Waals surface area contributed by atoms with Crippen molar-refractivity contribution in [2.75, 3.05) is 18.9 Å². The lowest BCUT2D eigenvalue weighted by Crippen LogP contribution is -2.32. The van der Waals surface area contributed by atoms with Gasteiger partial charge in [0.25, 0.3) is 0 Å². The monoisotopic (exact) mass is 432 g/mol. The third-order valence-corrected chi connectivity index (χ3v) is 7.24. The van der Waals surface area contributed by atoms with Crippen LogP contribution in [-0.4, -0.2) is 50.6 Å². The number of thiophene rings is 1. The van der Waals surface area contributed by atoms with Gasteiger partial charge in [0.1, 0.15) is 0 Å². The molecule has 0 radical (unpaired) electrons. The highest BCUT2D eigenvalue weighted by atomic mass is 32.2. The molecule has 1 saturated heterocycles. The van der Waals surface area contributed by atoms with E-state index in [9.17, 15) is 4.79 Å². The Kier molecular flexibility index (Phi) is 7.05. The summed E-state index contributed by atoms with van der Waals surface area (Å²) in [6.45, 7) is 4.32. The van der Waals surface area contributed by atoms with Crippen LogP contribution in [-0.2, 0) is 16.1 Å². The molecule has 2 aliphatic rings. The Morgan fingerprint density at radius 1 is 1.38 bits per heavy atom. The van der Waals surface area contributed by atoms with Gasteiger partial charge in [0.2, 0.25) is 5.91 Å². The maximum atomic E-state index is 12.9. The van der Waals surface area contributed by atoms with E-state index in [1.807, 2.05) is 23.3 Å². The third kappa shape index (κ3) is 4.92. The number of allylic oxidation sites excluding steroid dienone is 2. The standard InChI is InChI=1S/C21H28N4O2S2/c1-2-24(16-8-4-3-5-9-16)19(26)15-29-21-23-22-20(18-11-7-13-28-18)25(21)14-17-10-6-12-27-17/h7-8,11,13,17H,2-6,9-10,12,14-15H2,1H3. The fourth-order valence-electron chi connectivity index (χ4n) is 3.95. The summed E-state index contributed by atoms with van der Waals surface area (Å²) in [5.74, 6) is 1.39. The molecular weight excluding hydrogens is 404 g/mol. The second kappa shape index (κ2) is 9.91. The molecule has 1 amide bonds. The number of amides is 1. The number of rotatable bonds is 8. The first-order chi connectivity index (χ1) is 14.3. The van der Waals surface area contributed by atoms with Gasteiger partial charge in [0.15, 0.2) is 11.0 Å². The number of carbonyl (C=O) groups is 1. The van der Waals surface area contributed by atoms with Crippen LogP contribution in [0.4, 0.5) is 0 Å². The van der Waals surface area contributed by atoms with E-state index in [0.29, 0.717) is 12.3 Å². The average molecular weight is 433 g/mol. The molecule has 1 aliphatic heterocycles. The molecule has 0 saturated carbocycles. The second-order valence-corrected chi connectivity index (χ2v) is 9.29. The maximum absolute atomic E-state index is 12.9. The summed E-state index contributed by atoms with van der Waals surface area (Å²) >= 11 is 3.14. The molecule has 1 fully saturated rings. The van der Waals surface area contributed by atoms with Gasteiger partial charge in [-0.1, -0.05) is 23.9 Å². The Hall–Kier alpha value is -1.64. The molecular formula is C21H28N4O2S2. The molecule has 1 aliphatic carbocycles. The lowest BCUT2D eigenvalue weighted by atomic mass is 10.0. The Bertz CT molecular complexity index is 841. The molecule has 4 rings (SSSR count). The predicted octanol–water partition coefficient (Wildman–Crippen LogP) is 4.58. The molecule has 0 aromatic carbocycles. The smallest absolute Gasteiger partial charge is 0.237 e. The number of hydrogen-bond acceptors (Lipinski definition) is 6. The Morgan fingerprint density at radius 3 is 3.00 bits per heavy atom. The van der Waals surface area contributed by atoms with Crippen molar-refractivity contribution in [2.24, 2.45) is 0 Å². The molecule has 0 spiro atoms. The van der Waals surface area contributed by atoms with Crippen molar-refractivity contribution < 1.29 is 9.53 Å². The second-order valence-electron chi connectivity index (χ2n) is 7.40. The third-order valence-electron chi connectivity index (χ3n) is 5.42. The normalized spacial score (nSPS) is 19.3. The van der Waals surface area contributed by atoms with Crippen LogP contribution in [0.1, 0.15) is 45.4 Å². The van der Waals surface area contributed by atoms with Crippen LogP contribution in [0.3, 0.4) is 0 Å². The average Bonchev–Trinajstić information content (AvgIpc) is 3.51. The van der Waals surface area contributed by atoms with Crippen LogP contribution < -0.4 is 0 Å². The zero-order chi connectivity index (χ0) is 20.1. The van der Waals surface area contributed by atoms with Crippen molar-refractivity contribution in [3.8, 4) is 10.7 Å². The molecule has 2 aromatic heterocycles. The van der Waals surface area contributed by atoms with Crippen molar-refractivity contribution in [2.45, 2.75) is 63.3 Å². The van der Waals surface area contributed by atoms with Gasteiger partial charge in [-0.05, 0) is 56.9 Å². The number of ether oxygens (including phenoxy) is 1. The highest BCUT2D eigenvalue weighted by Gasteiger charge is 2.24. The molecule has 2 aromatic rings. The first-order valence-electron chi connectivity index (χ1n) is 10.5. The topological polar surface area (TPSA) is 60.2 Å². The Labute approximate surface area is 180 Å². The van der Waals surface area contributed by atoms with Crippen molar-refractivity contribution >= 4 is 29.0 Å². The van der Waals surface area contributed by atoms with E-state index in [2.05, 4.69) is 26.9 Å². The maximum Gasteiger partial charge on any atom is 0.237 e. The first-order valence-corrected chi connectivity index (χ1v) is 12.3. The molecule has 1 unspecified atom stereocenters. The number of carbonyl (C=O) groups excluding carboxylic acids is 1. The van der Waals surface area contributed by atoms with Crippen LogP contribution in [0, 0.1) is 0 Å². The lowest BCUT2D eigenvalue weighted by molar-refractivity contribution is -0.126. The van der Waals surface area contributed by atoms with Crippen LogP contribution in [0.15, 0.2) is 34.4 Å². The molecule has 156 valence electrons. The summed E-state index contributed by atoms with van der Waals surface area (Å²) in [5.41, 5.74) is 1.18. The highest BCUT2D eigenvalue weighted by molar-refractivity contribution is 7.99. The van der Waals surface area contributed by atoms with Crippen LogP contribution in [0.5, 0.6) is 0 Å². The zero-order valence-electron chi connectivity index (χ0n) is 16.9. The van der Waals surface area contributed by atoms with Crippen molar-refractivity contribution in [1.82, 2.24) is 19.7 Å². The van der Waals surface area contributed by atoms with E-state index in [1.165, 1.54) is 30.3 Å². The van der Waals surface area contributed by atoms with Crippen molar-refractivity contribution in [1.29, 1.82) is 0 Å². The van der Waals surface area contributed by atoms with E-state index in [4.69, 9.17) is 4.74 Å². The fourth-order valence-corrected chi connectivity index (χ4v) is 5.49. The number of aromatic nitrogens is 3. The van der Waals surface area contributed by atoms with Gasteiger partial charge in [-0.25, -0.2) is 0 Å². The molecule has 3 heterocycles. The Balaban J connectivity index is 1.48. The summed E-state index contributed by atoms with van der Waals surface area (Å²) < 4.78 is 7.98. The van der Waals surface area contributed by atoms with Crippen LogP contribution >= 0.6 is 23.1 Å². The van der Waals surface area contributed by atoms with Gasteiger partial charge >= 0.3 is 0 Å². The lowest BCUT2D eigenvalue weighted by Gasteiger charge is -2.26. The molecule has 0 bridgehead atoms. The SMILES string of the molecule is CCN(C(=O)CSc1nnc(-c2cccs2)n1CC1CCCO1)C1=CCCCC1. The first kappa shape index (κ1) is 20.6. The number of hydrogen-bond donors (Lipinski definition) is 0. The van der Waals surface area contributed by atoms with Gasteiger partial charge in [0, 0.05) is 18.8 Å². The van der Waals surface area contributed by atoms with E-state index >= 15 is 0 Å². The number of nitrogens with zero attached hydrogens (tertiary/aromatic N) is 4. The molecule has 6 nitrogen and oxygen atoms in total. The van der Waals surface area contributed by atoms with Gasteiger partial charge in [-0.2, -0.15) is 0 Å². The van der Waals surface area contributed by atoms with E-state index in [1.54, 1.807) is 11.3 Å².